The van der Waals surface area contributed by atoms with Crippen LogP contribution in [0.3, 0.4) is 0 Å². The second-order valence-electron chi connectivity index (χ2n) is 6.51. The summed E-state index contributed by atoms with van der Waals surface area (Å²) >= 11 is 0. The number of allylic oxidation sites excluding steroid dienone is 2. The second kappa shape index (κ2) is 19.2. The summed E-state index contributed by atoms with van der Waals surface area (Å²) in [6, 6.07) is 0. The number of unbranched alkanes of at least 4 members (excludes halogenated alkanes) is 13. The van der Waals surface area contributed by atoms with Gasteiger partial charge >= 0.3 is 5.97 Å². The van der Waals surface area contributed by atoms with Gasteiger partial charge in [-0.15, -0.1) is 0 Å². The van der Waals surface area contributed by atoms with Crippen molar-refractivity contribution in [2.45, 2.75) is 103 Å². The lowest BCUT2D eigenvalue weighted by Gasteiger charge is -2.00. The second-order valence-corrected chi connectivity index (χ2v) is 6.51. The van der Waals surface area contributed by atoms with Crippen LogP contribution in [0.25, 0.3) is 0 Å². The molecule has 0 saturated carbocycles. The van der Waals surface area contributed by atoms with Gasteiger partial charge in [0.05, 0.1) is 0 Å². The van der Waals surface area contributed by atoms with Crippen molar-refractivity contribution in [2.75, 3.05) is 6.61 Å². The lowest BCUT2D eigenvalue weighted by molar-refractivity contribution is -0.137. The van der Waals surface area contributed by atoms with Crippen molar-refractivity contribution in [3.8, 4) is 0 Å². The third-order valence-corrected chi connectivity index (χ3v) is 4.21. The molecule has 0 bridgehead atoms. The fraction of sp³-hybridized carbons (Fsp3) is 0.850. The van der Waals surface area contributed by atoms with Crippen molar-refractivity contribution in [3.63, 3.8) is 0 Å². The van der Waals surface area contributed by atoms with E-state index < -0.39 is 5.97 Å². The molecule has 0 aliphatic rings. The average molecular weight is 327 g/mol. The van der Waals surface area contributed by atoms with Gasteiger partial charge in [-0.2, -0.15) is 0 Å². The number of aliphatic hydroxyl groups excluding tert-OH is 1. The topological polar surface area (TPSA) is 57.5 Å². The molecule has 0 atom stereocenters. The molecule has 0 aromatic carbocycles. The SMILES string of the molecule is O=C(O)CCCCCCCC/C=C/CCCCCCCCCO. The van der Waals surface area contributed by atoms with E-state index in [4.69, 9.17) is 10.2 Å². The van der Waals surface area contributed by atoms with E-state index in [0.29, 0.717) is 13.0 Å². The Labute approximate surface area is 143 Å². The first-order valence-corrected chi connectivity index (χ1v) is 9.75. The van der Waals surface area contributed by atoms with Gasteiger partial charge in [0, 0.05) is 13.0 Å². The minimum Gasteiger partial charge on any atom is -0.481 e. The van der Waals surface area contributed by atoms with Gasteiger partial charge in [-0.25, -0.2) is 0 Å². The van der Waals surface area contributed by atoms with Crippen LogP contribution >= 0.6 is 0 Å². The van der Waals surface area contributed by atoms with E-state index in [1.807, 2.05) is 0 Å². The lowest BCUT2D eigenvalue weighted by Crippen LogP contribution is -1.93. The first-order valence-electron chi connectivity index (χ1n) is 9.75. The van der Waals surface area contributed by atoms with Crippen LogP contribution in [0.1, 0.15) is 103 Å². The Hall–Kier alpha value is -0.830. The summed E-state index contributed by atoms with van der Waals surface area (Å²) in [5.74, 6) is -0.670. The number of aliphatic carboxylic acids is 1. The van der Waals surface area contributed by atoms with E-state index >= 15 is 0 Å². The summed E-state index contributed by atoms with van der Waals surface area (Å²) in [5.41, 5.74) is 0. The molecule has 2 N–H and O–H groups in total. The van der Waals surface area contributed by atoms with Crippen molar-refractivity contribution in [2.24, 2.45) is 0 Å². The van der Waals surface area contributed by atoms with Crippen LogP contribution in [0, 0.1) is 0 Å². The Morgan fingerprint density at radius 3 is 1.43 bits per heavy atom. The van der Waals surface area contributed by atoms with E-state index in [1.54, 1.807) is 0 Å². The van der Waals surface area contributed by atoms with Crippen molar-refractivity contribution >= 4 is 5.97 Å². The fourth-order valence-electron chi connectivity index (χ4n) is 2.74. The van der Waals surface area contributed by atoms with Crippen LogP contribution in [0.15, 0.2) is 12.2 Å². The molecule has 0 unspecified atom stereocenters. The molecule has 3 heteroatoms. The number of hydrogen-bond donors (Lipinski definition) is 2. The van der Waals surface area contributed by atoms with Crippen molar-refractivity contribution in [1.82, 2.24) is 0 Å². The van der Waals surface area contributed by atoms with E-state index in [2.05, 4.69) is 12.2 Å². The quantitative estimate of drug-likeness (QED) is 0.245. The molecule has 0 radical (unpaired) electrons. The molecule has 0 saturated heterocycles. The largest absolute Gasteiger partial charge is 0.481 e. The van der Waals surface area contributed by atoms with Gasteiger partial charge < -0.3 is 10.2 Å². The summed E-state index contributed by atoms with van der Waals surface area (Å²) in [6.45, 7) is 0.343. The predicted molar refractivity (Wildman–Crippen MR) is 97.7 cm³/mol. The molecule has 0 aliphatic heterocycles. The first-order chi connectivity index (χ1) is 11.3. The number of rotatable bonds is 18. The molecule has 0 rings (SSSR count). The van der Waals surface area contributed by atoms with Crippen LogP contribution in [-0.4, -0.2) is 22.8 Å². The number of carboxylic acids is 1. The molecular weight excluding hydrogens is 288 g/mol. The maximum Gasteiger partial charge on any atom is 0.303 e. The Bertz CT molecular complexity index is 274. The molecule has 0 spiro atoms. The minimum atomic E-state index is -0.670. The van der Waals surface area contributed by atoms with E-state index in [1.165, 1.54) is 77.0 Å². The summed E-state index contributed by atoms with van der Waals surface area (Å²) < 4.78 is 0. The predicted octanol–water partition coefficient (Wildman–Crippen LogP) is 5.86. The molecule has 136 valence electrons. The zero-order valence-corrected chi connectivity index (χ0v) is 15.0. The van der Waals surface area contributed by atoms with Crippen LogP contribution < -0.4 is 0 Å². The van der Waals surface area contributed by atoms with Gasteiger partial charge in [-0.3, -0.25) is 4.79 Å². The maximum absolute atomic E-state index is 10.4. The highest BCUT2D eigenvalue weighted by molar-refractivity contribution is 5.66. The fourth-order valence-corrected chi connectivity index (χ4v) is 2.74. The molecule has 0 amide bonds. The van der Waals surface area contributed by atoms with Crippen molar-refractivity contribution < 1.29 is 15.0 Å². The lowest BCUT2D eigenvalue weighted by atomic mass is 10.1. The standard InChI is InChI=1S/C20H38O3/c21-19-17-15-13-11-9-7-5-3-1-2-4-6-8-10-12-14-16-18-20(22)23/h1-2,21H,3-19H2,(H,22,23)/b2-1+. The third-order valence-electron chi connectivity index (χ3n) is 4.21. The molecule has 3 nitrogen and oxygen atoms in total. The van der Waals surface area contributed by atoms with Crippen LogP contribution in [0.5, 0.6) is 0 Å². The number of hydrogen-bond acceptors (Lipinski definition) is 2. The molecular formula is C20H38O3. The molecule has 0 aromatic heterocycles. The van der Waals surface area contributed by atoms with Gasteiger partial charge in [0.2, 0.25) is 0 Å². The summed E-state index contributed by atoms with van der Waals surface area (Å²) in [6.07, 6.45) is 22.9. The van der Waals surface area contributed by atoms with Gasteiger partial charge in [0.1, 0.15) is 0 Å². The molecule has 0 aliphatic carbocycles. The van der Waals surface area contributed by atoms with Gasteiger partial charge in [0.25, 0.3) is 0 Å². The number of aliphatic hydroxyl groups is 1. The highest BCUT2D eigenvalue weighted by atomic mass is 16.4. The number of carboxylic acid groups (broad SMARTS) is 1. The van der Waals surface area contributed by atoms with Crippen molar-refractivity contribution in [3.05, 3.63) is 12.2 Å². The summed E-state index contributed by atoms with van der Waals surface area (Å²) in [7, 11) is 0. The van der Waals surface area contributed by atoms with Gasteiger partial charge in [-0.05, 0) is 38.5 Å². The monoisotopic (exact) mass is 326 g/mol. The van der Waals surface area contributed by atoms with E-state index in [9.17, 15) is 4.79 Å². The zero-order valence-electron chi connectivity index (χ0n) is 15.0. The smallest absolute Gasteiger partial charge is 0.303 e. The van der Waals surface area contributed by atoms with E-state index in [0.717, 1.165) is 19.3 Å². The van der Waals surface area contributed by atoms with Crippen LogP contribution in [0.4, 0.5) is 0 Å². The summed E-state index contributed by atoms with van der Waals surface area (Å²) in [5, 5.41) is 17.2. The van der Waals surface area contributed by atoms with Gasteiger partial charge in [-0.1, -0.05) is 69.9 Å². The zero-order chi connectivity index (χ0) is 17.0. The highest BCUT2D eigenvalue weighted by Gasteiger charge is 1.96. The number of carbonyl (C=O) groups is 1. The van der Waals surface area contributed by atoms with Gasteiger partial charge in [0.15, 0.2) is 0 Å². The average Bonchev–Trinajstić information content (AvgIpc) is 2.53. The Morgan fingerprint density at radius 2 is 1.00 bits per heavy atom. The maximum atomic E-state index is 10.4. The Kier molecular flexibility index (Phi) is 18.5. The molecule has 0 aromatic rings. The molecule has 0 heterocycles. The highest BCUT2D eigenvalue weighted by Crippen LogP contribution is 2.11. The summed E-state index contributed by atoms with van der Waals surface area (Å²) in [4.78, 5) is 10.4. The minimum absolute atomic E-state index is 0.325. The molecule has 0 fully saturated rings. The normalized spacial score (nSPS) is 11.3. The van der Waals surface area contributed by atoms with Crippen LogP contribution in [-0.2, 0) is 4.79 Å². The van der Waals surface area contributed by atoms with E-state index in [-0.39, 0.29) is 0 Å². The van der Waals surface area contributed by atoms with Crippen LogP contribution in [0.2, 0.25) is 0 Å². The first kappa shape index (κ1) is 22.2. The Morgan fingerprint density at radius 1 is 0.609 bits per heavy atom. The molecule has 23 heavy (non-hydrogen) atoms. The third kappa shape index (κ3) is 21.2. The van der Waals surface area contributed by atoms with Crippen molar-refractivity contribution in [1.29, 1.82) is 0 Å². The Balaban J connectivity index is 3.07.